The Hall–Kier alpha value is -2.60. The van der Waals surface area contributed by atoms with Gasteiger partial charge in [-0.3, -0.25) is 10.0 Å². The third-order valence-electron chi connectivity index (χ3n) is 3.25. The van der Waals surface area contributed by atoms with Crippen molar-refractivity contribution in [1.82, 2.24) is 5.06 Å². The van der Waals surface area contributed by atoms with E-state index in [-0.39, 0.29) is 23.7 Å². The monoisotopic (exact) mass is 273 g/mol. The van der Waals surface area contributed by atoms with E-state index in [0.717, 1.165) is 0 Å². The molecular formula is C14H11NO5. The molecule has 0 aromatic heterocycles. The number of para-hydroxylation sites is 1. The maximum absolute atomic E-state index is 12.0. The van der Waals surface area contributed by atoms with Gasteiger partial charge < -0.3 is 9.84 Å². The summed E-state index contributed by atoms with van der Waals surface area (Å²) in [7, 11) is 0. The summed E-state index contributed by atoms with van der Waals surface area (Å²) in [5, 5.41) is 19.9. The number of nitrogens with zero attached hydrogens (tertiary/aromatic N) is 1. The predicted molar refractivity (Wildman–Crippen MR) is 68.1 cm³/mol. The van der Waals surface area contributed by atoms with Crippen LogP contribution in [-0.4, -0.2) is 39.8 Å². The minimum absolute atomic E-state index is 0.147. The van der Waals surface area contributed by atoms with Gasteiger partial charge in [-0.1, -0.05) is 18.2 Å². The van der Waals surface area contributed by atoms with E-state index in [0.29, 0.717) is 16.4 Å². The van der Waals surface area contributed by atoms with Gasteiger partial charge in [-0.2, -0.15) is 0 Å². The molecule has 1 atom stereocenters. The largest absolute Gasteiger partial charge is 0.485 e. The van der Waals surface area contributed by atoms with E-state index in [9.17, 15) is 14.8 Å². The number of carbonyl (C=O) groups excluding carboxylic acids is 1. The maximum atomic E-state index is 12.0. The van der Waals surface area contributed by atoms with Gasteiger partial charge in [0.25, 0.3) is 0 Å². The first-order valence-corrected chi connectivity index (χ1v) is 5.98. The lowest BCUT2D eigenvalue weighted by Gasteiger charge is -2.29. The minimum Gasteiger partial charge on any atom is -0.485 e. The Morgan fingerprint density at radius 3 is 2.85 bits per heavy atom. The fourth-order valence-corrected chi connectivity index (χ4v) is 2.30. The number of benzene rings is 1. The van der Waals surface area contributed by atoms with Crippen molar-refractivity contribution in [2.75, 3.05) is 6.61 Å². The molecule has 1 unspecified atom stereocenters. The highest BCUT2D eigenvalue weighted by Crippen LogP contribution is 2.36. The highest BCUT2D eigenvalue weighted by Gasteiger charge is 2.34. The predicted octanol–water partition coefficient (Wildman–Crippen LogP) is 1.07. The smallest absolute Gasteiger partial charge is 0.332 e. The first-order valence-electron chi connectivity index (χ1n) is 5.98. The number of hydrogen-bond donors (Lipinski definition) is 2. The number of Topliss-reactive ketones (excluding diaryl/α,β-unsaturated/α-hetero) is 1. The normalized spacial score (nSPS) is 20.9. The number of allylic oxidation sites excluding steroid dienone is 1. The van der Waals surface area contributed by atoms with E-state index in [2.05, 4.69) is 0 Å². The zero-order chi connectivity index (χ0) is 14.3. The molecule has 0 spiro atoms. The second-order valence-corrected chi connectivity index (χ2v) is 4.46. The number of ketones is 1. The Kier molecular flexibility index (Phi) is 2.80. The molecule has 6 heteroatoms. The molecule has 0 radical (unpaired) electrons. The van der Waals surface area contributed by atoms with Crippen LogP contribution >= 0.6 is 0 Å². The second kappa shape index (κ2) is 4.50. The van der Waals surface area contributed by atoms with Gasteiger partial charge in [0.05, 0.1) is 5.70 Å². The molecule has 20 heavy (non-hydrogen) atoms. The number of hydrogen-bond acceptors (Lipinski definition) is 5. The molecule has 1 aromatic rings. The van der Waals surface area contributed by atoms with Crippen LogP contribution < -0.4 is 4.74 Å². The summed E-state index contributed by atoms with van der Waals surface area (Å²) < 4.78 is 5.39. The van der Waals surface area contributed by atoms with Crippen molar-refractivity contribution in [3.8, 4) is 5.75 Å². The standard InChI is InChI=1S/C14H11NO5/c16-11-7-20-12-4-2-1-3-9(12)13-8(11)5-6-10(14(17)18)15(13)19/h1-6,10,19H,7H2,(H,17,18). The van der Waals surface area contributed by atoms with E-state index in [4.69, 9.17) is 9.84 Å². The molecule has 2 N–H and O–H groups in total. The summed E-state index contributed by atoms with van der Waals surface area (Å²) in [6.45, 7) is -0.147. The van der Waals surface area contributed by atoms with E-state index in [1.54, 1.807) is 24.3 Å². The summed E-state index contributed by atoms with van der Waals surface area (Å²) in [5.74, 6) is -1.08. The third-order valence-corrected chi connectivity index (χ3v) is 3.25. The summed E-state index contributed by atoms with van der Waals surface area (Å²) >= 11 is 0. The van der Waals surface area contributed by atoms with Crippen LogP contribution in [0.25, 0.3) is 5.70 Å². The Balaban J connectivity index is 2.21. The summed E-state index contributed by atoms with van der Waals surface area (Å²) in [6, 6.07) is 5.58. The van der Waals surface area contributed by atoms with E-state index < -0.39 is 12.0 Å². The zero-order valence-electron chi connectivity index (χ0n) is 10.3. The van der Waals surface area contributed by atoms with Crippen molar-refractivity contribution in [2.45, 2.75) is 6.04 Å². The molecule has 6 nitrogen and oxygen atoms in total. The minimum atomic E-state index is -1.23. The van der Waals surface area contributed by atoms with Gasteiger partial charge in [-0.05, 0) is 18.2 Å². The van der Waals surface area contributed by atoms with Crippen LogP contribution in [0.15, 0.2) is 42.0 Å². The van der Waals surface area contributed by atoms with Crippen LogP contribution in [-0.2, 0) is 9.59 Å². The molecule has 0 aliphatic carbocycles. The van der Waals surface area contributed by atoms with Gasteiger partial charge in [0.15, 0.2) is 12.6 Å². The lowest BCUT2D eigenvalue weighted by Crippen LogP contribution is -2.39. The molecule has 1 aromatic carbocycles. The van der Waals surface area contributed by atoms with Crippen LogP contribution in [0, 0.1) is 0 Å². The molecule has 3 rings (SSSR count). The fourth-order valence-electron chi connectivity index (χ4n) is 2.30. The van der Waals surface area contributed by atoms with Crippen molar-refractivity contribution >= 4 is 17.4 Å². The highest BCUT2D eigenvalue weighted by atomic mass is 16.5. The van der Waals surface area contributed by atoms with Crippen molar-refractivity contribution in [3.63, 3.8) is 0 Å². The number of carboxylic acid groups (broad SMARTS) is 1. The Bertz CT molecular complexity index is 661. The molecule has 0 amide bonds. The van der Waals surface area contributed by atoms with E-state index in [1.807, 2.05) is 0 Å². The van der Waals surface area contributed by atoms with E-state index in [1.165, 1.54) is 12.2 Å². The Morgan fingerprint density at radius 1 is 1.35 bits per heavy atom. The maximum Gasteiger partial charge on any atom is 0.332 e. The Morgan fingerprint density at radius 2 is 2.10 bits per heavy atom. The van der Waals surface area contributed by atoms with Crippen molar-refractivity contribution in [1.29, 1.82) is 0 Å². The number of aliphatic carboxylic acids is 1. The molecule has 2 aliphatic heterocycles. The molecule has 0 saturated heterocycles. The van der Waals surface area contributed by atoms with Crippen LogP contribution in [0.4, 0.5) is 0 Å². The number of carbonyl (C=O) groups is 2. The van der Waals surface area contributed by atoms with Crippen LogP contribution in [0.5, 0.6) is 5.75 Å². The van der Waals surface area contributed by atoms with Gasteiger partial charge in [0.1, 0.15) is 5.75 Å². The average Bonchev–Trinajstić information content (AvgIpc) is 2.58. The van der Waals surface area contributed by atoms with Gasteiger partial charge in [-0.25, -0.2) is 9.86 Å². The number of carboxylic acids is 1. The summed E-state index contributed by atoms with van der Waals surface area (Å²) in [5.41, 5.74) is 0.902. The number of rotatable bonds is 1. The lowest BCUT2D eigenvalue weighted by atomic mass is 9.97. The average molecular weight is 273 g/mol. The highest BCUT2D eigenvalue weighted by molar-refractivity contribution is 6.08. The zero-order valence-corrected chi connectivity index (χ0v) is 10.3. The summed E-state index contributed by atoms with van der Waals surface area (Å²) in [6.07, 6.45) is 2.70. The second-order valence-electron chi connectivity index (χ2n) is 4.46. The SMILES string of the molecule is O=C1COc2ccccc2C2=C1C=CC(C(=O)O)N2O. The van der Waals surface area contributed by atoms with Crippen LogP contribution in [0.3, 0.4) is 0 Å². The summed E-state index contributed by atoms with van der Waals surface area (Å²) in [4.78, 5) is 23.1. The van der Waals surface area contributed by atoms with Crippen molar-refractivity contribution in [2.24, 2.45) is 0 Å². The van der Waals surface area contributed by atoms with Crippen molar-refractivity contribution in [3.05, 3.63) is 47.6 Å². The first-order chi connectivity index (χ1) is 9.59. The number of fused-ring (bicyclic) bond motifs is 2. The molecule has 0 saturated carbocycles. The third kappa shape index (κ3) is 1.78. The molecule has 2 aliphatic rings. The van der Waals surface area contributed by atoms with Crippen LogP contribution in [0.1, 0.15) is 5.56 Å². The van der Waals surface area contributed by atoms with Gasteiger partial charge >= 0.3 is 5.97 Å². The Labute approximate surface area is 114 Å². The number of ether oxygens (including phenoxy) is 1. The topological polar surface area (TPSA) is 87.1 Å². The van der Waals surface area contributed by atoms with Crippen molar-refractivity contribution < 1.29 is 24.6 Å². The van der Waals surface area contributed by atoms with E-state index >= 15 is 0 Å². The lowest BCUT2D eigenvalue weighted by molar-refractivity contribution is -0.151. The van der Waals surface area contributed by atoms with Gasteiger partial charge in [0.2, 0.25) is 5.78 Å². The van der Waals surface area contributed by atoms with Crippen LogP contribution in [0.2, 0.25) is 0 Å². The quantitative estimate of drug-likeness (QED) is 0.796. The molecule has 2 heterocycles. The molecular weight excluding hydrogens is 262 g/mol. The molecule has 0 bridgehead atoms. The molecule has 102 valence electrons. The van der Waals surface area contributed by atoms with Gasteiger partial charge in [-0.15, -0.1) is 0 Å². The molecule has 0 fully saturated rings. The first kappa shape index (κ1) is 12.4. The fraction of sp³-hybridized carbons (Fsp3) is 0.143. The number of hydroxylamine groups is 2. The van der Waals surface area contributed by atoms with Gasteiger partial charge in [0, 0.05) is 11.1 Å².